The smallest absolute Gasteiger partial charge is 0.176 e. The van der Waals surface area contributed by atoms with Crippen molar-refractivity contribution in [3.63, 3.8) is 0 Å². The van der Waals surface area contributed by atoms with E-state index in [0.29, 0.717) is 0 Å². The van der Waals surface area contributed by atoms with Crippen molar-refractivity contribution in [1.82, 2.24) is 0 Å². The van der Waals surface area contributed by atoms with Gasteiger partial charge in [-0.3, -0.25) is 0 Å². The third-order valence-electron chi connectivity index (χ3n) is 12.5. The number of hydrogen-bond acceptors (Lipinski definition) is 16. The van der Waals surface area contributed by atoms with E-state index >= 15 is 0 Å². The van der Waals surface area contributed by atoms with E-state index in [1.807, 2.05) is 152 Å². The van der Waals surface area contributed by atoms with E-state index in [-0.39, 0.29) is 46.2 Å². The summed E-state index contributed by atoms with van der Waals surface area (Å²) in [5.41, 5.74) is 25.4. The number of rotatable bonds is 22. The molecule has 0 amide bonds. The average Bonchev–Trinajstić information content (AvgIpc) is 3.39. The van der Waals surface area contributed by atoms with Crippen LogP contribution in [0.25, 0.3) is 0 Å². The molecule has 15 atom stereocenters. The Morgan fingerprint density at radius 1 is 0.377 bits per heavy atom. The van der Waals surface area contributed by atoms with Gasteiger partial charge in [0, 0.05) is 0 Å². The Balaban J connectivity index is 1.12. The van der Waals surface area contributed by atoms with Crippen LogP contribution < -0.4 is 17.2 Å². The lowest BCUT2D eigenvalue weighted by molar-refractivity contribution is -0.357. The zero-order valence-electron chi connectivity index (χ0n) is 38.4. The van der Waals surface area contributed by atoms with Crippen LogP contribution in [0.15, 0.2) is 152 Å². The van der Waals surface area contributed by atoms with Crippen LogP contribution in [0.2, 0.25) is 0 Å². The molecule has 0 unspecified atom stereocenters. The Bertz CT molecular complexity index is 2210. The van der Waals surface area contributed by atoms with Gasteiger partial charge >= 0.3 is 0 Å². The number of nitrogens with two attached hydrogens (primary N) is 3. The lowest BCUT2D eigenvalue weighted by Crippen LogP contribution is -2.70. The Morgan fingerprint density at radius 2 is 0.710 bits per heavy atom. The van der Waals surface area contributed by atoms with E-state index in [1.165, 1.54) is 0 Å². The quantitative estimate of drug-likeness (QED) is 0.0584. The maximum Gasteiger partial charge on any atom is 0.176 e. The molecule has 3 aliphatic heterocycles. The topological polar surface area (TPSA) is 231 Å². The van der Waals surface area contributed by atoms with Gasteiger partial charge < -0.3 is 79.9 Å². The molecule has 0 saturated carbocycles. The second kappa shape index (κ2) is 25.5. The number of ether oxygens (including phenoxy) is 10. The highest BCUT2D eigenvalue weighted by atomic mass is 16.8. The highest BCUT2D eigenvalue weighted by Gasteiger charge is 2.54. The molecule has 0 radical (unpaired) electrons. The zero-order chi connectivity index (χ0) is 48.0. The van der Waals surface area contributed by atoms with E-state index in [4.69, 9.17) is 64.6 Å². The molecule has 0 aliphatic carbocycles. The van der Waals surface area contributed by atoms with Gasteiger partial charge in [0.1, 0.15) is 54.9 Å². The molecule has 16 nitrogen and oxygen atoms in total. The molecule has 9 N–H and O–H groups in total. The summed E-state index contributed by atoms with van der Waals surface area (Å²) in [6, 6.07) is 45.3. The molecule has 0 aromatic heterocycles. The van der Waals surface area contributed by atoms with Crippen molar-refractivity contribution in [2.45, 2.75) is 125 Å². The Labute approximate surface area is 403 Å². The van der Waals surface area contributed by atoms with Crippen molar-refractivity contribution in [2.75, 3.05) is 19.8 Å². The minimum absolute atomic E-state index is 0.0467. The van der Waals surface area contributed by atoms with Gasteiger partial charge in [0.25, 0.3) is 0 Å². The van der Waals surface area contributed by atoms with Crippen molar-refractivity contribution < 1.29 is 62.7 Å². The fourth-order valence-electron chi connectivity index (χ4n) is 8.69. The summed E-state index contributed by atoms with van der Waals surface area (Å²) in [6.07, 6.45) is -13.3. The van der Waals surface area contributed by atoms with E-state index < -0.39 is 98.5 Å². The third-order valence-corrected chi connectivity index (χ3v) is 12.5. The summed E-state index contributed by atoms with van der Waals surface area (Å²) in [6.45, 7) is 0.416. The van der Waals surface area contributed by atoms with Crippen LogP contribution in [0, 0.1) is 0 Å². The van der Waals surface area contributed by atoms with Crippen LogP contribution in [-0.4, -0.2) is 127 Å². The number of aliphatic hydroxyl groups excluding tert-OH is 3. The molecular formula is C53H65N3O13. The van der Waals surface area contributed by atoms with Gasteiger partial charge in [0.2, 0.25) is 0 Å². The summed E-state index contributed by atoms with van der Waals surface area (Å²) >= 11 is 0. The van der Waals surface area contributed by atoms with Crippen molar-refractivity contribution >= 4 is 0 Å². The second-order valence-electron chi connectivity index (χ2n) is 17.5. The van der Waals surface area contributed by atoms with Crippen LogP contribution in [0.3, 0.4) is 0 Å². The zero-order valence-corrected chi connectivity index (χ0v) is 38.4. The molecule has 5 aromatic rings. The molecule has 8 rings (SSSR count). The van der Waals surface area contributed by atoms with E-state index in [9.17, 15) is 15.3 Å². The normalized spacial score (nSPS) is 31.6. The first-order chi connectivity index (χ1) is 33.7. The monoisotopic (exact) mass is 951 g/mol. The summed E-state index contributed by atoms with van der Waals surface area (Å²) in [7, 11) is 0. The van der Waals surface area contributed by atoms with Gasteiger partial charge in [-0.1, -0.05) is 152 Å². The molecule has 69 heavy (non-hydrogen) atoms. The molecular weight excluding hydrogens is 887 g/mol. The van der Waals surface area contributed by atoms with Gasteiger partial charge in [-0.2, -0.15) is 0 Å². The Hall–Kier alpha value is -4.54. The minimum atomic E-state index is -1.49. The largest absolute Gasteiger partial charge is 0.394 e. The van der Waals surface area contributed by atoms with E-state index in [0.717, 1.165) is 27.8 Å². The first-order valence-corrected chi connectivity index (χ1v) is 23.5. The first kappa shape index (κ1) is 50.8. The summed E-state index contributed by atoms with van der Waals surface area (Å²) in [5.74, 6) is 0. The molecule has 3 saturated heterocycles. The highest BCUT2D eigenvalue weighted by molar-refractivity contribution is 5.17. The second-order valence-corrected chi connectivity index (χ2v) is 17.5. The molecule has 3 aliphatic rings. The Kier molecular flexibility index (Phi) is 18.8. The average molecular weight is 952 g/mol. The predicted octanol–water partition coefficient (Wildman–Crippen LogP) is 3.45. The van der Waals surface area contributed by atoms with Gasteiger partial charge in [-0.25, -0.2) is 0 Å². The maximum atomic E-state index is 11.0. The third kappa shape index (κ3) is 13.7. The standard InChI is InChI=1S/C53H65N3O13/c54-42-46(59)45(58)39(26-57)65-52(42)68-48-41(33-61-28-35-18-8-2-9-19-35)67-53(44(56)50(48)63-30-37-22-12-4-13-23-37)69-47-40(32-60-27-34-16-6-1-7-17-34)66-51(64-31-38-24-14-5-15-25-38)43(55)49(47)62-29-36-20-10-3-11-21-36/h1-25,39-53,57-59H,26-33,54-56H2/t39-,40-,41-,42-,43-,44-,45+,46-,47+,48+,49-,50-,51-,52+,53+/m1/s1. The number of benzene rings is 5. The van der Waals surface area contributed by atoms with Crippen molar-refractivity contribution in [3.05, 3.63) is 179 Å². The van der Waals surface area contributed by atoms with Crippen molar-refractivity contribution in [3.8, 4) is 0 Å². The first-order valence-electron chi connectivity index (χ1n) is 23.5. The SMILES string of the molecule is N[C@H]1[C@H](O[C@@H]2[C@H](OCc3ccccc3)[C@@H](N)[C@H](O[C@@H]3[C@H](OCc4ccccc4)[C@@H](N)[C@H](OCc4ccccc4)O[C@@H]3COCc3ccccc3)O[C@@H]2COCc2ccccc2)O[C@H](CO)[C@H](O)[C@@H]1O. The van der Waals surface area contributed by atoms with E-state index in [1.54, 1.807) is 0 Å². The number of aliphatic hydroxyl groups is 3. The van der Waals surface area contributed by atoms with Gasteiger partial charge in [0.15, 0.2) is 18.9 Å². The van der Waals surface area contributed by atoms with Gasteiger partial charge in [-0.05, 0) is 27.8 Å². The van der Waals surface area contributed by atoms with Gasteiger partial charge in [0.05, 0.1) is 71.0 Å². The van der Waals surface area contributed by atoms with Crippen molar-refractivity contribution in [2.24, 2.45) is 17.2 Å². The highest BCUT2D eigenvalue weighted by Crippen LogP contribution is 2.35. The molecule has 3 heterocycles. The molecule has 16 heteroatoms. The molecule has 0 spiro atoms. The Morgan fingerprint density at radius 3 is 1.12 bits per heavy atom. The van der Waals surface area contributed by atoms with Crippen LogP contribution in [0.5, 0.6) is 0 Å². The van der Waals surface area contributed by atoms with E-state index in [2.05, 4.69) is 0 Å². The fourth-order valence-corrected chi connectivity index (χ4v) is 8.69. The minimum Gasteiger partial charge on any atom is -0.394 e. The summed E-state index contributed by atoms with van der Waals surface area (Å²) in [5, 5.41) is 31.7. The summed E-state index contributed by atoms with van der Waals surface area (Å²) < 4.78 is 65.8. The maximum absolute atomic E-state index is 11.0. The van der Waals surface area contributed by atoms with Crippen LogP contribution in [0.1, 0.15) is 27.8 Å². The van der Waals surface area contributed by atoms with Gasteiger partial charge in [-0.15, -0.1) is 0 Å². The molecule has 0 bridgehead atoms. The van der Waals surface area contributed by atoms with Crippen LogP contribution in [-0.2, 0) is 80.4 Å². The number of hydrogen-bond donors (Lipinski definition) is 6. The molecule has 3 fully saturated rings. The lowest BCUT2D eigenvalue weighted by Gasteiger charge is -2.50. The van der Waals surface area contributed by atoms with Crippen LogP contribution >= 0.6 is 0 Å². The molecule has 370 valence electrons. The predicted molar refractivity (Wildman–Crippen MR) is 252 cm³/mol. The molecule has 5 aromatic carbocycles. The van der Waals surface area contributed by atoms with Crippen molar-refractivity contribution in [1.29, 1.82) is 0 Å². The van der Waals surface area contributed by atoms with Crippen LogP contribution in [0.4, 0.5) is 0 Å². The fraction of sp³-hybridized carbons (Fsp3) is 0.434. The lowest BCUT2D eigenvalue weighted by atomic mass is 9.94. The summed E-state index contributed by atoms with van der Waals surface area (Å²) in [4.78, 5) is 0.